The van der Waals surface area contributed by atoms with Crippen LogP contribution in [-0.4, -0.2) is 49.7 Å². The molecular formula is C33H33N3O3S. The van der Waals surface area contributed by atoms with Crippen molar-refractivity contribution < 1.29 is 13.2 Å². The largest absolute Gasteiger partial charge is 0.323 e. The van der Waals surface area contributed by atoms with E-state index in [9.17, 15) is 13.2 Å². The first-order valence-electron chi connectivity index (χ1n) is 13.4. The van der Waals surface area contributed by atoms with E-state index < -0.39 is 10.0 Å². The van der Waals surface area contributed by atoms with Gasteiger partial charge in [-0.3, -0.25) is 9.69 Å². The molecule has 0 unspecified atom stereocenters. The Morgan fingerprint density at radius 3 is 1.85 bits per heavy atom. The van der Waals surface area contributed by atoms with Crippen LogP contribution in [0.5, 0.6) is 0 Å². The molecule has 0 saturated carbocycles. The van der Waals surface area contributed by atoms with Gasteiger partial charge in [-0.15, -0.1) is 0 Å². The van der Waals surface area contributed by atoms with Crippen molar-refractivity contribution in [2.24, 2.45) is 0 Å². The summed E-state index contributed by atoms with van der Waals surface area (Å²) in [6, 6.07) is 35.0. The summed E-state index contributed by atoms with van der Waals surface area (Å²) in [5.74, 6) is -0.279. The smallest absolute Gasteiger partial charge is 0.248 e. The Labute approximate surface area is 236 Å². The third kappa shape index (κ3) is 6.57. The van der Waals surface area contributed by atoms with Crippen LogP contribution in [0.4, 0.5) is 5.69 Å². The minimum absolute atomic E-state index is 0.0650. The average Bonchev–Trinajstić information content (AvgIpc) is 2.99. The lowest BCUT2D eigenvalue weighted by Crippen LogP contribution is -2.49. The van der Waals surface area contributed by atoms with E-state index in [1.54, 1.807) is 34.6 Å². The summed E-state index contributed by atoms with van der Waals surface area (Å²) in [5, 5.41) is 2.79. The number of hydrogen-bond acceptors (Lipinski definition) is 4. The molecular weight excluding hydrogens is 518 g/mol. The molecule has 0 spiro atoms. The zero-order chi connectivity index (χ0) is 28.0. The van der Waals surface area contributed by atoms with Gasteiger partial charge in [0.15, 0.2) is 0 Å². The lowest BCUT2D eigenvalue weighted by molar-refractivity contribution is -0.111. The van der Waals surface area contributed by atoms with Gasteiger partial charge in [0.05, 0.1) is 10.9 Å². The molecule has 1 aliphatic heterocycles. The van der Waals surface area contributed by atoms with Gasteiger partial charge >= 0.3 is 0 Å². The van der Waals surface area contributed by atoms with E-state index in [2.05, 4.69) is 34.5 Å². The molecule has 1 N–H and O–H groups in total. The first-order valence-corrected chi connectivity index (χ1v) is 14.8. The number of anilines is 1. The number of carbonyl (C=O) groups excluding carboxylic acids is 1. The molecule has 0 aliphatic carbocycles. The van der Waals surface area contributed by atoms with Gasteiger partial charge in [-0.25, -0.2) is 8.42 Å². The zero-order valence-electron chi connectivity index (χ0n) is 22.5. The molecule has 7 heteroatoms. The van der Waals surface area contributed by atoms with E-state index >= 15 is 0 Å². The normalized spacial score (nSPS) is 14.9. The number of benzene rings is 4. The Morgan fingerprint density at radius 1 is 0.750 bits per heavy atom. The van der Waals surface area contributed by atoms with Gasteiger partial charge < -0.3 is 5.32 Å². The molecule has 0 aromatic heterocycles. The van der Waals surface area contributed by atoms with Crippen molar-refractivity contribution in [3.05, 3.63) is 138 Å². The van der Waals surface area contributed by atoms with Crippen LogP contribution in [0.1, 0.15) is 28.3 Å². The number of carbonyl (C=O) groups is 1. The number of hydrogen-bond donors (Lipinski definition) is 1. The lowest BCUT2D eigenvalue weighted by Gasteiger charge is -2.39. The Hall–Kier alpha value is -4.04. The highest BCUT2D eigenvalue weighted by Gasteiger charge is 2.32. The first-order chi connectivity index (χ1) is 19.4. The van der Waals surface area contributed by atoms with Crippen LogP contribution in [0, 0.1) is 6.92 Å². The van der Waals surface area contributed by atoms with Crippen LogP contribution in [0.15, 0.2) is 120 Å². The molecule has 0 bridgehead atoms. The molecule has 40 heavy (non-hydrogen) atoms. The lowest BCUT2D eigenvalue weighted by atomic mass is 9.96. The molecule has 0 radical (unpaired) electrons. The summed E-state index contributed by atoms with van der Waals surface area (Å²) < 4.78 is 28.4. The van der Waals surface area contributed by atoms with Crippen LogP contribution in [0.25, 0.3) is 6.08 Å². The first kappa shape index (κ1) is 27.5. The molecule has 6 nitrogen and oxygen atoms in total. The molecule has 5 rings (SSSR count). The summed E-state index contributed by atoms with van der Waals surface area (Å²) in [6.45, 7) is 4.06. The Morgan fingerprint density at radius 2 is 1.30 bits per heavy atom. The van der Waals surface area contributed by atoms with Gasteiger partial charge in [0.1, 0.15) is 0 Å². The second-order valence-corrected chi connectivity index (χ2v) is 11.9. The van der Waals surface area contributed by atoms with E-state index in [1.165, 1.54) is 17.2 Å². The minimum atomic E-state index is -3.66. The van der Waals surface area contributed by atoms with Gasteiger partial charge in [0, 0.05) is 37.9 Å². The number of sulfonamides is 1. The number of nitrogens with zero attached hydrogens (tertiary/aromatic N) is 2. The van der Waals surface area contributed by atoms with Crippen molar-refractivity contribution in [2.45, 2.75) is 17.9 Å². The third-order valence-electron chi connectivity index (χ3n) is 7.13. The standard InChI is InChI=1S/C33H33N3O3S/c1-26-12-14-27(15-13-26)16-21-32(37)34-30-17-19-31(20-18-30)40(38,39)36-24-22-35(23-25-36)33(28-8-4-2-5-9-28)29-10-6-3-7-11-29/h2-21,33H,22-25H2,1H3,(H,34,37)/b21-16+. The predicted octanol–water partition coefficient (Wildman–Crippen LogP) is 5.74. The number of amides is 1. The van der Waals surface area contributed by atoms with Gasteiger partial charge in [-0.2, -0.15) is 4.31 Å². The predicted molar refractivity (Wildman–Crippen MR) is 160 cm³/mol. The van der Waals surface area contributed by atoms with E-state index in [0.29, 0.717) is 31.9 Å². The van der Waals surface area contributed by atoms with Gasteiger partial charge in [-0.05, 0) is 54.0 Å². The quantitative estimate of drug-likeness (QED) is 0.284. The van der Waals surface area contributed by atoms with Gasteiger partial charge in [0.25, 0.3) is 0 Å². The van der Waals surface area contributed by atoms with E-state index in [1.807, 2.05) is 67.6 Å². The fourth-order valence-electron chi connectivity index (χ4n) is 4.98. The van der Waals surface area contributed by atoms with Crippen LogP contribution in [-0.2, 0) is 14.8 Å². The maximum absolute atomic E-state index is 13.4. The number of piperazine rings is 1. The van der Waals surface area contributed by atoms with Gasteiger partial charge in [-0.1, -0.05) is 90.5 Å². The monoisotopic (exact) mass is 551 g/mol. The second-order valence-electron chi connectivity index (χ2n) is 9.92. The summed E-state index contributed by atoms with van der Waals surface area (Å²) in [5.41, 5.74) is 5.01. The fraction of sp³-hybridized carbons (Fsp3) is 0.182. The van der Waals surface area contributed by atoms with Gasteiger partial charge in [0.2, 0.25) is 15.9 Å². The molecule has 1 aliphatic rings. The maximum atomic E-state index is 13.4. The number of aryl methyl sites for hydroxylation is 1. The molecule has 1 amide bonds. The molecule has 204 valence electrons. The van der Waals surface area contributed by atoms with Crippen LogP contribution < -0.4 is 5.32 Å². The molecule has 4 aromatic carbocycles. The van der Waals surface area contributed by atoms with Crippen LogP contribution in [0.3, 0.4) is 0 Å². The van der Waals surface area contributed by atoms with Crippen LogP contribution >= 0.6 is 0 Å². The molecule has 0 atom stereocenters. The molecule has 1 heterocycles. The van der Waals surface area contributed by atoms with Crippen molar-refractivity contribution >= 4 is 27.7 Å². The summed E-state index contributed by atoms with van der Waals surface area (Å²) in [6.07, 6.45) is 3.21. The summed E-state index contributed by atoms with van der Waals surface area (Å²) in [7, 11) is -3.66. The van der Waals surface area contributed by atoms with E-state index in [0.717, 1.165) is 11.1 Å². The average molecular weight is 552 g/mol. The Kier molecular flexibility index (Phi) is 8.55. The van der Waals surface area contributed by atoms with Crippen molar-refractivity contribution in [1.29, 1.82) is 0 Å². The highest BCUT2D eigenvalue weighted by atomic mass is 32.2. The molecule has 4 aromatic rings. The Balaban J connectivity index is 1.22. The van der Waals surface area contributed by atoms with Crippen molar-refractivity contribution in [3.63, 3.8) is 0 Å². The fourth-order valence-corrected chi connectivity index (χ4v) is 6.40. The van der Waals surface area contributed by atoms with Crippen LogP contribution in [0.2, 0.25) is 0 Å². The second kappa shape index (κ2) is 12.4. The van der Waals surface area contributed by atoms with Crippen molar-refractivity contribution in [1.82, 2.24) is 9.21 Å². The Bertz CT molecular complexity index is 1510. The topological polar surface area (TPSA) is 69.7 Å². The van der Waals surface area contributed by atoms with E-state index in [-0.39, 0.29) is 16.8 Å². The maximum Gasteiger partial charge on any atom is 0.248 e. The molecule has 1 saturated heterocycles. The number of rotatable bonds is 8. The highest BCUT2D eigenvalue weighted by molar-refractivity contribution is 7.89. The molecule has 1 fully saturated rings. The van der Waals surface area contributed by atoms with Crippen molar-refractivity contribution in [3.8, 4) is 0 Å². The number of nitrogens with one attached hydrogen (secondary N) is 1. The zero-order valence-corrected chi connectivity index (χ0v) is 23.3. The van der Waals surface area contributed by atoms with Crippen molar-refractivity contribution in [2.75, 3.05) is 31.5 Å². The summed E-state index contributed by atoms with van der Waals surface area (Å²) in [4.78, 5) is 14.9. The third-order valence-corrected chi connectivity index (χ3v) is 9.05. The highest BCUT2D eigenvalue weighted by Crippen LogP contribution is 2.30. The minimum Gasteiger partial charge on any atom is -0.323 e. The van der Waals surface area contributed by atoms with E-state index in [4.69, 9.17) is 0 Å². The summed E-state index contributed by atoms with van der Waals surface area (Å²) >= 11 is 0. The SMILES string of the molecule is Cc1ccc(/C=C/C(=O)Nc2ccc(S(=O)(=O)N3CCN(C(c4ccccc4)c4ccccc4)CC3)cc2)cc1.